The van der Waals surface area contributed by atoms with Crippen LogP contribution in [0.1, 0.15) is 17.1 Å². The van der Waals surface area contributed by atoms with Crippen LogP contribution in [-0.2, 0) is 6.42 Å². The predicted octanol–water partition coefficient (Wildman–Crippen LogP) is 2.26. The van der Waals surface area contributed by atoms with Gasteiger partial charge in [-0.15, -0.1) is 0 Å². The fourth-order valence-corrected chi connectivity index (χ4v) is 1.81. The molecule has 0 unspecified atom stereocenters. The van der Waals surface area contributed by atoms with E-state index in [0.29, 0.717) is 30.4 Å². The number of hydrogen-bond acceptors (Lipinski definition) is 5. The normalized spacial score (nSPS) is 9.82. The number of nitrogens with one attached hydrogen (secondary N) is 1. The quantitative estimate of drug-likeness (QED) is 0.876. The maximum atomic E-state index is 10.4. The van der Waals surface area contributed by atoms with Crippen molar-refractivity contribution in [3.63, 3.8) is 0 Å². The first-order chi connectivity index (χ1) is 10.6. The van der Waals surface area contributed by atoms with E-state index < -0.39 is 6.09 Å². The lowest BCUT2D eigenvalue weighted by Gasteiger charge is -2.07. The molecule has 0 saturated heterocycles. The first-order valence-electron chi connectivity index (χ1n) is 6.56. The van der Waals surface area contributed by atoms with Gasteiger partial charge in [-0.3, -0.25) is 0 Å². The van der Waals surface area contributed by atoms with Gasteiger partial charge in [-0.1, -0.05) is 12.1 Å². The van der Waals surface area contributed by atoms with Crippen molar-refractivity contribution >= 4 is 6.09 Å². The first-order valence-corrected chi connectivity index (χ1v) is 6.56. The lowest BCUT2D eigenvalue weighted by Crippen LogP contribution is -2.23. The smallest absolute Gasteiger partial charge is 0.404 e. The average molecular weight is 298 g/mol. The number of amides is 1. The third-order valence-electron chi connectivity index (χ3n) is 2.76. The summed E-state index contributed by atoms with van der Waals surface area (Å²) in [6, 6.07) is 10.6. The number of carboxylic acid groups (broad SMARTS) is 1. The number of nitrogens with zero attached hydrogens (tertiary/aromatic N) is 3. The van der Waals surface area contributed by atoms with Gasteiger partial charge in [-0.05, 0) is 31.0 Å². The van der Waals surface area contributed by atoms with Gasteiger partial charge in [0.1, 0.15) is 23.3 Å². The zero-order valence-electron chi connectivity index (χ0n) is 11.9. The average Bonchev–Trinajstić information content (AvgIpc) is 2.48. The van der Waals surface area contributed by atoms with E-state index in [0.717, 1.165) is 5.56 Å². The van der Waals surface area contributed by atoms with E-state index >= 15 is 0 Å². The van der Waals surface area contributed by atoms with Gasteiger partial charge in [0.2, 0.25) is 5.88 Å². The van der Waals surface area contributed by atoms with Crippen LogP contribution in [0.4, 0.5) is 4.79 Å². The molecule has 0 radical (unpaired) electrons. The summed E-state index contributed by atoms with van der Waals surface area (Å²) in [7, 11) is 0. The molecule has 0 fully saturated rings. The van der Waals surface area contributed by atoms with Crippen molar-refractivity contribution in [2.45, 2.75) is 13.3 Å². The van der Waals surface area contributed by atoms with Crippen LogP contribution in [0, 0.1) is 18.3 Å². The highest BCUT2D eigenvalue weighted by molar-refractivity contribution is 5.64. The monoisotopic (exact) mass is 298 g/mol. The second kappa shape index (κ2) is 7.04. The van der Waals surface area contributed by atoms with Crippen molar-refractivity contribution < 1.29 is 14.6 Å². The maximum Gasteiger partial charge on any atom is 0.404 e. The minimum atomic E-state index is -1.03. The number of carbonyl (C=O) groups is 1. The summed E-state index contributed by atoms with van der Waals surface area (Å²) in [5.41, 5.74) is 1.23. The van der Waals surface area contributed by atoms with Crippen LogP contribution in [0.5, 0.6) is 11.6 Å². The Labute approximate surface area is 127 Å². The molecule has 1 aromatic heterocycles. The number of hydrogen-bond donors (Lipinski definition) is 2. The topological polar surface area (TPSA) is 108 Å². The molecule has 22 heavy (non-hydrogen) atoms. The van der Waals surface area contributed by atoms with Gasteiger partial charge >= 0.3 is 6.09 Å². The zero-order valence-corrected chi connectivity index (χ0v) is 11.9. The van der Waals surface area contributed by atoms with Crippen LogP contribution in [0.15, 0.2) is 30.3 Å². The SMILES string of the molecule is Cc1nc(C#N)cc(Oc2ccc(CCNC(=O)O)cc2)n1. The Hall–Kier alpha value is -3.14. The highest BCUT2D eigenvalue weighted by atomic mass is 16.5. The standard InChI is InChI=1S/C15H14N4O3/c1-10-18-12(9-16)8-14(19-10)22-13-4-2-11(3-5-13)6-7-17-15(20)21/h2-5,8,17H,6-7H2,1H3,(H,20,21). The molecule has 2 rings (SSSR count). The maximum absolute atomic E-state index is 10.4. The molecule has 1 amide bonds. The van der Waals surface area contributed by atoms with Gasteiger partial charge in [-0.2, -0.15) is 10.2 Å². The van der Waals surface area contributed by atoms with Gasteiger partial charge in [0.15, 0.2) is 0 Å². The van der Waals surface area contributed by atoms with E-state index in [1.165, 1.54) is 6.07 Å². The highest BCUT2D eigenvalue weighted by Gasteiger charge is 2.04. The number of aryl methyl sites for hydroxylation is 1. The summed E-state index contributed by atoms with van der Waals surface area (Å²) in [5.74, 6) is 1.35. The Morgan fingerprint density at radius 3 is 2.73 bits per heavy atom. The molecule has 7 heteroatoms. The van der Waals surface area contributed by atoms with Crippen LogP contribution in [0.2, 0.25) is 0 Å². The molecule has 0 aliphatic carbocycles. The Bertz CT molecular complexity index is 708. The number of ether oxygens (including phenoxy) is 1. The lowest BCUT2D eigenvalue weighted by molar-refractivity contribution is 0.194. The summed E-state index contributed by atoms with van der Waals surface area (Å²) >= 11 is 0. The molecule has 7 nitrogen and oxygen atoms in total. The van der Waals surface area contributed by atoms with Crippen LogP contribution in [0.3, 0.4) is 0 Å². The molecule has 2 aromatic rings. The van der Waals surface area contributed by atoms with Crippen LogP contribution in [-0.4, -0.2) is 27.7 Å². The molecule has 0 spiro atoms. The minimum absolute atomic E-state index is 0.249. The highest BCUT2D eigenvalue weighted by Crippen LogP contribution is 2.20. The van der Waals surface area contributed by atoms with Crippen molar-refractivity contribution in [1.29, 1.82) is 5.26 Å². The number of aromatic nitrogens is 2. The molecular weight excluding hydrogens is 284 g/mol. The zero-order chi connectivity index (χ0) is 15.9. The van der Waals surface area contributed by atoms with Gasteiger partial charge in [-0.25, -0.2) is 9.78 Å². The first kappa shape index (κ1) is 15.3. The summed E-state index contributed by atoms with van der Waals surface area (Å²) in [4.78, 5) is 18.4. The molecule has 0 aliphatic rings. The van der Waals surface area contributed by atoms with Crippen molar-refractivity contribution in [1.82, 2.24) is 15.3 Å². The van der Waals surface area contributed by atoms with Gasteiger partial charge in [0, 0.05) is 12.6 Å². The molecule has 112 valence electrons. The third-order valence-corrected chi connectivity index (χ3v) is 2.76. The fourth-order valence-electron chi connectivity index (χ4n) is 1.81. The Morgan fingerprint density at radius 2 is 2.09 bits per heavy atom. The molecule has 0 saturated carbocycles. The Balaban J connectivity index is 2.01. The van der Waals surface area contributed by atoms with Gasteiger partial charge in [0.05, 0.1) is 0 Å². The van der Waals surface area contributed by atoms with Gasteiger partial charge < -0.3 is 15.2 Å². The molecular formula is C15H14N4O3. The van der Waals surface area contributed by atoms with Crippen molar-refractivity contribution in [2.75, 3.05) is 6.54 Å². The summed E-state index contributed by atoms with van der Waals surface area (Å²) < 4.78 is 5.59. The lowest BCUT2D eigenvalue weighted by atomic mass is 10.1. The molecule has 1 aromatic carbocycles. The van der Waals surface area contributed by atoms with E-state index in [9.17, 15) is 4.79 Å². The molecule has 0 bridgehead atoms. The van der Waals surface area contributed by atoms with E-state index in [1.54, 1.807) is 19.1 Å². The van der Waals surface area contributed by atoms with E-state index in [1.807, 2.05) is 18.2 Å². The molecule has 0 atom stereocenters. The fraction of sp³-hybridized carbons (Fsp3) is 0.200. The summed E-state index contributed by atoms with van der Waals surface area (Å²) in [5, 5.41) is 19.7. The summed E-state index contributed by atoms with van der Waals surface area (Å²) in [6.45, 7) is 2.04. The van der Waals surface area contributed by atoms with Crippen molar-refractivity contribution in [3.05, 3.63) is 47.4 Å². The number of rotatable bonds is 5. The predicted molar refractivity (Wildman–Crippen MR) is 77.7 cm³/mol. The largest absolute Gasteiger partial charge is 0.465 e. The Morgan fingerprint density at radius 1 is 1.36 bits per heavy atom. The number of benzene rings is 1. The van der Waals surface area contributed by atoms with E-state index in [2.05, 4.69) is 15.3 Å². The third kappa shape index (κ3) is 4.45. The van der Waals surface area contributed by atoms with Crippen molar-refractivity contribution in [2.24, 2.45) is 0 Å². The molecule has 0 aliphatic heterocycles. The minimum Gasteiger partial charge on any atom is -0.465 e. The molecule has 2 N–H and O–H groups in total. The van der Waals surface area contributed by atoms with Crippen LogP contribution < -0.4 is 10.1 Å². The second-order valence-electron chi connectivity index (χ2n) is 4.48. The second-order valence-corrected chi connectivity index (χ2v) is 4.48. The van der Waals surface area contributed by atoms with Gasteiger partial charge in [0.25, 0.3) is 0 Å². The number of nitriles is 1. The van der Waals surface area contributed by atoms with Crippen LogP contribution in [0.25, 0.3) is 0 Å². The Kier molecular flexibility index (Phi) is 4.88. The van der Waals surface area contributed by atoms with Crippen molar-refractivity contribution in [3.8, 4) is 17.7 Å². The summed E-state index contributed by atoms with van der Waals surface area (Å²) in [6.07, 6.45) is -0.440. The molecule has 1 heterocycles. The van der Waals surface area contributed by atoms with E-state index in [4.69, 9.17) is 15.1 Å². The van der Waals surface area contributed by atoms with E-state index in [-0.39, 0.29) is 5.69 Å². The van der Waals surface area contributed by atoms with Crippen LogP contribution >= 0.6 is 0 Å².